The summed E-state index contributed by atoms with van der Waals surface area (Å²) in [6.45, 7) is 5.52. The topological polar surface area (TPSA) is 88.2 Å². The highest BCUT2D eigenvalue weighted by molar-refractivity contribution is 5.68. The standard InChI is InChI=1S/C14H18N4O4/c1-7-10(22-14(2,3)21-7)8-6-15-11-9(16-8)12(19)18(5)13(20)17(11)4/h6-7,10H,1-5H3/t7-,10-/m1/s1. The van der Waals surface area contributed by atoms with Gasteiger partial charge < -0.3 is 9.47 Å². The summed E-state index contributed by atoms with van der Waals surface area (Å²) in [5, 5.41) is 0. The zero-order valence-corrected chi connectivity index (χ0v) is 13.2. The van der Waals surface area contributed by atoms with Crippen molar-refractivity contribution in [3.8, 4) is 0 Å². The number of rotatable bonds is 1. The number of fused-ring (bicyclic) bond motifs is 1. The van der Waals surface area contributed by atoms with E-state index in [-0.39, 0.29) is 17.3 Å². The monoisotopic (exact) mass is 306 g/mol. The maximum atomic E-state index is 12.3. The molecule has 0 bridgehead atoms. The van der Waals surface area contributed by atoms with Gasteiger partial charge in [0.2, 0.25) is 0 Å². The van der Waals surface area contributed by atoms with Crippen LogP contribution in [0.3, 0.4) is 0 Å². The third kappa shape index (κ3) is 2.15. The lowest BCUT2D eigenvalue weighted by molar-refractivity contribution is -0.145. The van der Waals surface area contributed by atoms with Crippen LogP contribution in [0, 0.1) is 0 Å². The second-order valence-electron chi connectivity index (χ2n) is 5.93. The Morgan fingerprint density at radius 3 is 2.45 bits per heavy atom. The first-order valence-corrected chi connectivity index (χ1v) is 6.99. The number of aromatic nitrogens is 4. The molecule has 8 nitrogen and oxygen atoms in total. The average Bonchev–Trinajstić information content (AvgIpc) is 2.75. The van der Waals surface area contributed by atoms with Gasteiger partial charge in [0.15, 0.2) is 17.0 Å². The van der Waals surface area contributed by atoms with Crippen molar-refractivity contribution in [2.24, 2.45) is 14.1 Å². The summed E-state index contributed by atoms with van der Waals surface area (Å²) in [4.78, 5) is 32.7. The van der Waals surface area contributed by atoms with Gasteiger partial charge in [-0.05, 0) is 20.8 Å². The molecule has 0 amide bonds. The molecule has 118 valence electrons. The summed E-state index contributed by atoms with van der Waals surface area (Å²) in [5.74, 6) is -0.713. The molecule has 0 aromatic carbocycles. The highest BCUT2D eigenvalue weighted by Crippen LogP contribution is 2.37. The molecule has 8 heteroatoms. The Hall–Kier alpha value is -2.06. The molecule has 3 rings (SSSR count). The summed E-state index contributed by atoms with van der Waals surface area (Å²) in [5.41, 5.74) is -0.000566. The van der Waals surface area contributed by atoms with E-state index in [4.69, 9.17) is 9.47 Å². The third-order valence-corrected chi connectivity index (χ3v) is 3.77. The Bertz CT molecular complexity index is 867. The first kappa shape index (κ1) is 14.9. The maximum Gasteiger partial charge on any atom is 0.332 e. The summed E-state index contributed by atoms with van der Waals surface area (Å²) >= 11 is 0. The van der Waals surface area contributed by atoms with Crippen LogP contribution in [0.2, 0.25) is 0 Å². The van der Waals surface area contributed by atoms with E-state index in [0.717, 1.165) is 4.57 Å². The molecule has 1 fully saturated rings. The van der Waals surface area contributed by atoms with Crippen molar-refractivity contribution < 1.29 is 9.47 Å². The molecule has 0 unspecified atom stereocenters. The lowest BCUT2D eigenvalue weighted by atomic mass is 10.2. The first-order valence-electron chi connectivity index (χ1n) is 6.99. The molecule has 3 heterocycles. The molecule has 0 aliphatic carbocycles. The molecule has 22 heavy (non-hydrogen) atoms. The molecule has 1 aliphatic rings. The average molecular weight is 306 g/mol. The van der Waals surface area contributed by atoms with Crippen molar-refractivity contribution in [2.75, 3.05) is 0 Å². The van der Waals surface area contributed by atoms with Crippen LogP contribution in [-0.4, -0.2) is 31.0 Å². The highest BCUT2D eigenvalue weighted by Gasteiger charge is 2.40. The number of nitrogens with zero attached hydrogens (tertiary/aromatic N) is 4. The molecular weight excluding hydrogens is 288 g/mol. The van der Waals surface area contributed by atoms with E-state index in [1.165, 1.54) is 17.8 Å². The van der Waals surface area contributed by atoms with E-state index in [0.29, 0.717) is 5.69 Å². The third-order valence-electron chi connectivity index (χ3n) is 3.77. The molecule has 1 saturated heterocycles. The largest absolute Gasteiger partial charge is 0.344 e. The van der Waals surface area contributed by atoms with Gasteiger partial charge in [-0.1, -0.05) is 0 Å². The molecule has 2 atom stereocenters. The fourth-order valence-corrected chi connectivity index (χ4v) is 2.72. The molecule has 0 radical (unpaired) electrons. The van der Waals surface area contributed by atoms with Crippen LogP contribution >= 0.6 is 0 Å². The van der Waals surface area contributed by atoms with E-state index < -0.39 is 23.1 Å². The van der Waals surface area contributed by atoms with Crippen molar-refractivity contribution in [2.45, 2.75) is 38.8 Å². The zero-order chi connectivity index (χ0) is 16.2. The molecule has 0 saturated carbocycles. The van der Waals surface area contributed by atoms with Crippen LogP contribution in [0.15, 0.2) is 15.8 Å². The SMILES string of the molecule is C[C@H]1OC(C)(C)O[C@H]1c1cnc2c(n1)c(=O)n(C)c(=O)n2C. The van der Waals surface area contributed by atoms with Crippen LogP contribution in [-0.2, 0) is 23.6 Å². The minimum absolute atomic E-state index is 0.141. The minimum atomic E-state index is -0.713. The Morgan fingerprint density at radius 1 is 1.18 bits per heavy atom. The molecular formula is C14H18N4O4. The number of ether oxygens (including phenoxy) is 2. The zero-order valence-electron chi connectivity index (χ0n) is 13.2. The van der Waals surface area contributed by atoms with Gasteiger partial charge in [0.1, 0.15) is 6.10 Å². The second kappa shape index (κ2) is 4.72. The van der Waals surface area contributed by atoms with Gasteiger partial charge in [0.25, 0.3) is 5.56 Å². The van der Waals surface area contributed by atoms with E-state index in [9.17, 15) is 9.59 Å². The van der Waals surface area contributed by atoms with Gasteiger partial charge in [-0.15, -0.1) is 0 Å². The smallest absolute Gasteiger partial charge is 0.332 e. The van der Waals surface area contributed by atoms with Gasteiger partial charge >= 0.3 is 5.69 Å². The molecule has 2 aromatic heterocycles. The fraction of sp³-hybridized carbons (Fsp3) is 0.571. The Labute approximate surface area is 126 Å². The Morgan fingerprint density at radius 2 is 1.86 bits per heavy atom. The van der Waals surface area contributed by atoms with Crippen LogP contribution in [0.25, 0.3) is 11.2 Å². The Balaban J connectivity index is 2.19. The Kier molecular flexibility index (Phi) is 3.19. The predicted molar refractivity (Wildman–Crippen MR) is 78.5 cm³/mol. The van der Waals surface area contributed by atoms with Gasteiger partial charge in [-0.3, -0.25) is 13.9 Å². The van der Waals surface area contributed by atoms with E-state index in [1.54, 1.807) is 7.05 Å². The molecule has 0 spiro atoms. The fourth-order valence-electron chi connectivity index (χ4n) is 2.72. The summed E-state index contributed by atoms with van der Waals surface area (Å²) in [6, 6.07) is 0. The number of aryl methyl sites for hydroxylation is 1. The molecule has 0 N–H and O–H groups in total. The van der Waals surface area contributed by atoms with Gasteiger partial charge in [0, 0.05) is 14.1 Å². The number of hydrogen-bond acceptors (Lipinski definition) is 6. The summed E-state index contributed by atoms with van der Waals surface area (Å²) < 4.78 is 13.8. The van der Waals surface area contributed by atoms with Crippen LogP contribution in [0.5, 0.6) is 0 Å². The lowest BCUT2D eigenvalue weighted by Gasteiger charge is -2.16. The maximum absolute atomic E-state index is 12.3. The van der Waals surface area contributed by atoms with Crippen molar-refractivity contribution in [3.05, 3.63) is 32.7 Å². The van der Waals surface area contributed by atoms with Crippen molar-refractivity contribution in [1.29, 1.82) is 0 Å². The van der Waals surface area contributed by atoms with Gasteiger partial charge in [-0.25, -0.2) is 14.8 Å². The van der Waals surface area contributed by atoms with Crippen molar-refractivity contribution in [1.82, 2.24) is 19.1 Å². The van der Waals surface area contributed by atoms with Crippen LogP contribution in [0.4, 0.5) is 0 Å². The quantitative estimate of drug-likeness (QED) is 0.750. The molecule has 1 aliphatic heterocycles. The molecule has 2 aromatic rings. The van der Waals surface area contributed by atoms with E-state index in [2.05, 4.69) is 9.97 Å². The van der Waals surface area contributed by atoms with E-state index in [1.807, 2.05) is 20.8 Å². The minimum Gasteiger partial charge on any atom is -0.344 e. The highest BCUT2D eigenvalue weighted by atomic mass is 16.7. The normalized spacial score (nSPS) is 24.0. The number of hydrogen-bond donors (Lipinski definition) is 0. The first-order chi connectivity index (χ1) is 10.2. The summed E-state index contributed by atoms with van der Waals surface area (Å²) in [6.07, 6.45) is 0.902. The van der Waals surface area contributed by atoms with Gasteiger partial charge in [0.05, 0.1) is 18.0 Å². The predicted octanol–water partition coefficient (Wildman–Crippen LogP) is 0.240. The lowest BCUT2D eigenvalue weighted by Crippen LogP contribution is -2.38. The van der Waals surface area contributed by atoms with Crippen molar-refractivity contribution >= 4 is 11.2 Å². The summed E-state index contributed by atoms with van der Waals surface area (Å²) in [7, 11) is 2.97. The van der Waals surface area contributed by atoms with Gasteiger partial charge in [-0.2, -0.15) is 0 Å². The van der Waals surface area contributed by atoms with E-state index >= 15 is 0 Å². The van der Waals surface area contributed by atoms with Crippen LogP contribution < -0.4 is 11.2 Å². The van der Waals surface area contributed by atoms with Crippen LogP contribution in [0.1, 0.15) is 32.6 Å². The van der Waals surface area contributed by atoms with Crippen molar-refractivity contribution in [3.63, 3.8) is 0 Å². The second-order valence-corrected chi connectivity index (χ2v) is 5.93.